The Morgan fingerprint density at radius 3 is 3.20 bits per heavy atom. The molecule has 0 unspecified atom stereocenters. The third-order valence-electron chi connectivity index (χ3n) is 4.41. The van der Waals surface area contributed by atoms with Gasteiger partial charge in [-0.2, -0.15) is 0 Å². The number of aromatic nitrogens is 2. The van der Waals surface area contributed by atoms with E-state index in [1.807, 2.05) is 24.3 Å². The molecule has 104 valence electrons. The van der Waals surface area contributed by atoms with Gasteiger partial charge in [0.05, 0.1) is 12.2 Å². The molecule has 0 bridgehead atoms. The van der Waals surface area contributed by atoms with E-state index in [9.17, 15) is 0 Å². The van der Waals surface area contributed by atoms with Crippen molar-refractivity contribution in [2.75, 3.05) is 19.6 Å². The lowest BCUT2D eigenvalue weighted by atomic mass is 10.1. The first kappa shape index (κ1) is 12.1. The summed E-state index contributed by atoms with van der Waals surface area (Å²) in [6.45, 7) is 4.28. The molecule has 0 aromatic carbocycles. The lowest BCUT2D eigenvalue weighted by Crippen LogP contribution is -2.33. The zero-order chi connectivity index (χ0) is 13.4. The fraction of sp³-hybridized carbons (Fsp3) is 0.467. The van der Waals surface area contributed by atoms with E-state index in [0.29, 0.717) is 6.04 Å². The summed E-state index contributed by atoms with van der Waals surface area (Å²) in [5.74, 6) is 1.74. The SMILES string of the molecule is c1ccc(-c2cc(CN3CC[C@H]4CNC[C@H]43)on2)nc1. The number of fused-ring (bicyclic) bond motifs is 1. The van der Waals surface area contributed by atoms with Crippen LogP contribution in [0.15, 0.2) is 35.0 Å². The van der Waals surface area contributed by atoms with Crippen LogP contribution >= 0.6 is 0 Å². The number of nitrogens with one attached hydrogen (secondary N) is 1. The molecule has 0 saturated carbocycles. The highest BCUT2D eigenvalue weighted by atomic mass is 16.5. The van der Waals surface area contributed by atoms with Crippen LogP contribution < -0.4 is 5.32 Å². The molecular weight excluding hydrogens is 252 g/mol. The maximum Gasteiger partial charge on any atom is 0.151 e. The van der Waals surface area contributed by atoms with Gasteiger partial charge in [0.1, 0.15) is 5.69 Å². The number of hydrogen-bond acceptors (Lipinski definition) is 5. The minimum absolute atomic E-state index is 0.665. The molecule has 0 amide bonds. The number of rotatable bonds is 3. The molecule has 2 aromatic rings. The summed E-state index contributed by atoms with van der Waals surface area (Å²) < 4.78 is 5.48. The summed E-state index contributed by atoms with van der Waals surface area (Å²) in [6.07, 6.45) is 3.07. The zero-order valence-corrected chi connectivity index (χ0v) is 11.3. The van der Waals surface area contributed by atoms with Crippen molar-refractivity contribution in [1.29, 1.82) is 0 Å². The number of nitrogens with zero attached hydrogens (tertiary/aromatic N) is 3. The van der Waals surface area contributed by atoms with Gasteiger partial charge in [-0.3, -0.25) is 9.88 Å². The van der Waals surface area contributed by atoms with Gasteiger partial charge in [0, 0.05) is 24.8 Å². The van der Waals surface area contributed by atoms with E-state index in [-0.39, 0.29) is 0 Å². The van der Waals surface area contributed by atoms with E-state index in [1.165, 1.54) is 6.42 Å². The Balaban J connectivity index is 1.49. The minimum atomic E-state index is 0.665. The first-order valence-corrected chi connectivity index (χ1v) is 7.22. The van der Waals surface area contributed by atoms with Crippen molar-refractivity contribution >= 4 is 0 Å². The summed E-state index contributed by atoms with van der Waals surface area (Å²) in [6, 6.07) is 8.50. The summed E-state index contributed by atoms with van der Waals surface area (Å²) >= 11 is 0. The summed E-state index contributed by atoms with van der Waals surface area (Å²) in [4.78, 5) is 6.81. The minimum Gasteiger partial charge on any atom is -0.359 e. The molecule has 0 aliphatic carbocycles. The summed E-state index contributed by atoms with van der Waals surface area (Å²) in [5, 5.41) is 7.61. The van der Waals surface area contributed by atoms with Gasteiger partial charge >= 0.3 is 0 Å². The molecule has 4 heterocycles. The highest BCUT2D eigenvalue weighted by molar-refractivity contribution is 5.52. The quantitative estimate of drug-likeness (QED) is 0.916. The fourth-order valence-corrected chi connectivity index (χ4v) is 3.36. The van der Waals surface area contributed by atoms with Gasteiger partial charge in [-0.15, -0.1) is 0 Å². The highest BCUT2D eigenvalue weighted by Gasteiger charge is 2.37. The van der Waals surface area contributed by atoms with E-state index < -0.39 is 0 Å². The topological polar surface area (TPSA) is 54.2 Å². The number of hydrogen-bond donors (Lipinski definition) is 1. The first-order valence-electron chi connectivity index (χ1n) is 7.22. The molecule has 20 heavy (non-hydrogen) atoms. The molecule has 2 saturated heterocycles. The van der Waals surface area contributed by atoms with Crippen molar-refractivity contribution in [3.63, 3.8) is 0 Å². The average molecular weight is 270 g/mol. The molecule has 2 fully saturated rings. The molecule has 5 heteroatoms. The van der Waals surface area contributed by atoms with Crippen LogP contribution in [-0.2, 0) is 6.54 Å². The van der Waals surface area contributed by atoms with Gasteiger partial charge in [-0.1, -0.05) is 11.2 Å². The first-order chi connectivity index (χ1) is 9.90. The molecule has 0 spiro atoms. The maximum atomic E-state index is 5.48. The molecule has 0 radical (unpaired) electrons. The fourth-order valence-electron chi connectivity index (χ4n) is 3.36. The van der Waals surface area contributed by atoms with Crippen LogP contribution in [0.3, 0.4) is 0 Å². The monoisotopic (exact) mass is 270 g/mol. The van der Waals surface area contributed by atoms with Crippen molar-refractivity contribution < 1.29 is 4.52 Å². The van der Waals surface area contributed by atoms with Gasteiger partial charge < -0.3 is 9.84 Å². The van der Waals surface area contributed by atoms with E-state index in [0.717, 1.165) is 49.2 Å². The van der Waals surface area contributed by atoms with Crippen LogP contribution in [-0.4, -0.2) is 40.7 Å². The third kappa shape index (κ3) is 2.13. The average Bonchev–Trinajstić information content (AvgIpc) is 3.19. The maximum absolute atomic E-state index is 5.48. The lowest BCUT2D eigenvalue weighted by Gasteiger charge is -2.21. The van der Waals surface area contributed by atoms with Crippen LogP contribution in [0.4, 0.5) is 0 Å². The zero-order valence-electron chi connectivity index (χ0n) is 11.3. The van der Waals surface area contributed by atoms with E-state index in [2.05, 4.69) is 20.4 Å². The smallest absolute Gasteiger partial charge is 0.151 e. The predicted octanol–water partition coefficient (Wildman–Crippen LogP) is 1.53. The van der Waals surface area contributed by atoms with Crippen LogP contribution in [0.5, 0.6) is 0 Å². The molecular formula is C15H18N4O. The van der Waals surface area contributed by atoms with Crippen molar-refractivity contribution in [3.8, 4) is 11.4 Å². The Hall–Kier alpha value is -1.72. The lowest BCUT2D eigenvalue weighted by molar-refractivity contribution is 0.214. The molecule has 4 rings (SSSR count). The van der Waals surface area contributed by atoms with Gasteiger partial charge in [0.25, 0.3) is 0 Å². The van der Waals surface area contributed by atoms with Gasteiger partial charge in [0.2, 0.25) is 0 Å². The molecule has 2 atom stereocenters. The van der Waals surface area contributed by atoms with E-state index in [4.69, 9.17) is 4.52 Å². The standard InChI is InChI=1S/C15H18N4O/c1-2-5-17-13(3-1)14-7-12(20-18-14)10-19-6-4-11-8-16-9-15(11)19/h1-3,5,7,11,15-16H,4,6,8-10H2/t11-,15+/m0/s1. The number of likely N-dealkylation sites (tertiary alicyclic amines) is 1. The molecule has 1 N–H and O–H groups in total. The summed E-state index contributed by atoms with van der Waals surface area (Å²) in [7, 11) is 0. The van der Waals surface area contributed by atoms with Crippen molar-refractivity contribution in [1.82, 2.24) is 20.4 Å². The molecule has 2 aromatic heterocycles. The Bertz CT molecular complexity index is 583. The predicted molar refractivity (Wildman–Crippen MR) is 74.9 cm³/mol. The highest BCUT2D eigenvalue weighted by Crippen LogP contribution is 2.29. The second-order valence-corrected chi connectivity index (χ2v) is 5.64. The molecule has 2 aliphatic rings. The molecule has 5 nitrogen and oxygen atoms in total. The normalized spacial score (nSPS) is 26.0. The van der Waals surface area contributed by atoms with Crippen molar-refractivity contribution in [2.24, 2.45) is 5.92 Å². The Kier molecular flexibility index (Phi) is 3.01. The largest absolute Gasteiger partial charge is 0.359 e. The summed E-state index contributed by atoms with van der Waals surface area (Å²) in [5.41, 5.74) is 1.69. The van der Waals surface area contributed by atoms with E-state index >= 15 is 0 Å². The Labute approximate surface area is 118 Å². The third-order valence-corrected chi connectivity index (χ3v) is 4.41. The number of pyridine rings is 1. The molecule has 2 aliphatic heterocycles. The Morgan fingerprint density at radius 1 is 1.30 bits per heavy atom. The van der Waals surface area contributed by atoms with Gasteiger partial charge in [0.15, 0.2) is 5.76 Å². The van der Waals surface area contributed by atoms with Gasteiger partial charge in [-0.05, 0) is 37.6 Å². The van der Waals surface area contributed by atoms with Crippen molar-refractivity contribution in [3.05, 3.63) is 36.2 Å². The van der Waals surface area contributed by atoms with Crippen LogP contribution in [0, 0.1) is 5.92 Å². The van der Waals surface area contributed by atoms with E-state index in [1.54, 1.807) is 6.20 Å². The Morgan fingerprint density at radius 2 is 2.30 bits per heavy atom. The van der Waals surface area contributed by atoms with Crippen LogP contribution in [0.2, 0.25) is 0 Å². The second kappa shape index (κ2) is 5.00. The second-order valence-electron chi connectivity index (χ2n) is 5.64. The van der Waals surface area contributed by atoms with Gasteiger partial charge in [-0.25, -0.2) is 0 Å². The van der Waals surface area contributed by atoms with Crippen LogP contribution in [0.1, 0.15) is 12.2 Å². The van der Waals surface area contributed by atoms with Crippen LogP contribution in [0.25, 0.3) is 11.4 Å². The van der Waals surface area contributed by atoms with Crippen molar-refractivity contribution in [2.45, 2.75) is 19.0 Å².